The number of nitrogens with zero attached hydrogens (tertiary/aromatic N) is 1. The molecule has 196 valence electrons. The van der Waals surface area contributed by atoms with Crippen molar-refractivity contribution >= 4 is 81.2 Å². The van der Waals surface area contributed by atoms with Gasteiger partial charge in [-0.05, 0) is 47.7 Å². The van der Waals surface area contributed by atoms with E-state index in [4.69, 9.17) is 23.2 Å². The fourth-order valence-electron chi connectivity index (χ4n) is 5.25. The average molecular weight is 579 g/mol. The lowest BCUT2D eigenvalue weighted by Gasteiger charge is -2.36. The van der Waals surface area contributed by atoms with Gasteiger partial charge in [0, 0.05) is 41.8 Å². The summed E-state index contributed by atoms with van der Waals surface area (Å²) in [5.74, 6) is -0.221. The molecule has 2 aromatic carbocycles. The van der Waals surface area contributed by atoms with E-state index in [0.29, 0.717) is 21.7 Å². The van der Waals surface area contributed by atoms with E-state index in [2.05, 4.69) is 24.5 Å². The van der Waals surface area contributed by atoms with Gasteiger partial charge in [0.15, 0.2) is 0 Å². The van der Waals surface area contributed by atoms with Crippen molar-refractivity contribution in [1.29, 1.82) is 0 Å². The Kier molecular flexibility index (Phi) is 12.6. The van der Waals surface area contributed by atoms with Crippen LogP contribution in [-0.2, 0) is 15.0 Å². The Morgan fingerprint density at radius 1 is 1.03 bits per heavy atom. The summed E-state index contributed by atoms with van der Waals surface area (Å²) in [6.07, 6.45) is 0.747. The summed E-state index contributed by atoms with van der Waals surface area (Å²) in [5.41, 5.74) is 1.56. The number of carbonyl (C=O) groups excluding carboxylic acids is 2. The fourth-order valence-corrected chi connectivity index (χ4v) is 5.55. The molecule has 0 aliphatic carbocycles. The number of likely N-dealkylation sites (N-methyl/N-ethyl adjacent to an activating group) is 1. The summed E-state index contributed by atoms with van der Waals surface area (Å²) in [5, 5.41) is 7.80. The molecule has 1 spiro atoms. The molecule has 35 heavy (non-hydrogen) atoms. The van der Waals surface area contributed by atoms with E-state index in [1.807, 2.05) is 36.4 Å². The Morgan fingerprint density at radius 2 is 1.60 bits per heavy atom. The molecule has 0 unspecified atom stereocenters. The van der Waals surface area contributed by atoms with Gasteiger partial charge < -0.3 is 15.5 Å². The fraction of sp³-hybridized carbons (Fsp3) is 0.440. The van der Waals surface area contributed by atoms with Crippen LogP contribution in [0.15, 0.2) is 42.5 Å². The molecule has 2 aliphatic rings. The van der Waals surface area contributed by atoms with Crippen LogP contribution in [0.25, 0.3) is 0 Å². The largest absolute Gasteiger partial charge is 0.347 e. The van der Waals surface area contributed by atoms with E-state index in [0.717, 1.165) is 17.5 Å². The van der Waals surface area contributed by atoms with Crippen molar-refractivity contribution in [3.05, 3.63) is 63.6 Å². The van der Waals surface area contributed by atoms with Gasteiger partial charge in [-0.15, -0.1) is 0 Å². The Hall–Kier alpha value is -1.03. The number of benzene rings is 2. The van der Waals surface area contributed by atoms with Gasteiger partial charge in [0.2, 0.25) is 11.8 Å². The molecule has 10 heteroatoms. The van der Waals surface area contributed by atoms with Crippen LogP contribution in [0, 0.1) is 5.92 Å². The highest BCUT2D eigenvalue weighted by atomic mass is 35.5. The van der Waals surface area contributed by atoms with Gasteiger partial charge >= 0.3 is 0 Å². The zero-order valence-electron chi connectivity index (χ0n) is 19.6. The first-order chi connectivity index (χ1) is 14.7. The van der Waals surface area contributed by atoms with Gasteiger partial charge in [-0.2, -0.15) is 40.5 Å². The Morgan fingerprint density at radius 3 is 2.14 bits per heavy atom. The zero-order valence-corrected chi connectivity index (χ0v) is 24.1. The second kappa shape index (κ2) is 13.0. The molecule has 5 nitrogen and oxygen atoms in total. The van der Waals surface area contributed by atoms with E-state index in [1.54, 1.807) is 25.1 Å². The second-order valence-electron chi connectivity index (χ2n) is 9.10. The highest BCUT2D eigenvalue weighted by molar-refractivity contribution is 7.59. The first kappa shape index (κ1) is 34.0. The van der Waals surface area contributed by atoms with Gasteiger partial charge in [0.25, 0.3) is 0 Å². The monoisotopic (exact) mass is 577 g/mol. The molecule has 2 N–H and O–H groups in total. The normalized spacial score (nSPS) is 23.9. The minimum Gasteiger partial charge on any atom is -0.347 e. The number of fused-ring (bicyclic) bond motifs is 2. The lowest BCUT2D eigenvalue weighted by molar-refractivity contribution is -0.131. The van der Waals surface area contributed by atoms with Crippen molar-refractivity contribution in [3.63, 3.8) is 0 Å². The van der Waals surface area contributed by atoms with Gasteiger partial charge in [-0.25, -0.2) is 0 Å². The van der Waals surface area contributed by atoms with Crippen LogP contribution in [0.4, 0.5) is 5.69 Å². The number of hydrogen-bond acceptors (Lipinski definition) is 3. The van der Waals surface area contributed by atoms with Crippen LogP contribution >= 0.6 is 63.7 Å². The minimum atomic E-state index is -0.936. The summed E-state index contributed by atoms with van der Waals surface area (Å²) in [7, 11) is 3.49. The summed E-state index contributed by atoms with van der Waals surface area (Å²) < 4.78 is 0. The van der Waals surface area contributed by atoms with Crippen LogP contribution in [0.1, 0.15) is 44.7 Å². The summed E-state index contributed by atoms with van der Waals surface area (Å²) in [4.78, 5) is 28.7. The molecular formula is C25H37Cl2N3O2S3. The quantitative estimate of drug-likeness (QED) is 0.510. The first-order valence-corrected chi connectivity index (χ1v) is 11.3. The summed E-state index contributed by atoms with van der Waals surface area (Å²) >= 11 is 12.4. The molecule has 2 amide bonds. The molecule has 0 radical (unpaired) electrons. The van der Waals surface area contributed by atoms with Crippen LogP contribution in [-0.4, -0.2) is 42.9 Å². The molecular weight excluding hydrogens is 541 g/mol. The maximum atomic E-state index is 13.8. The molecule has 0 aromatic heterocycles. The Balaban J connectivity index is 0.00000289. The summed E-state index contributed by atoms with van der Waals surface area (Å²) in [6, 6.07) is 12.2. The summed E-state index contributed by atoms with van der Waals surface area (Å²) in [6.45, 7) is 4.26. The molecule has 1 fully saturated rings. The smallest absolute Gasteiger partial charge is 0.239 e. The highest BCUT2D eigenvalue weighted by Gasteiger charge is 2.65. The first-order valence-electron chi connectivity index (χ1n) is 10.5. The highest BCUT2D eigenvalue weighted by Crippen LogP contribution is 2.56. The molecule has 4 atom stereocenters. The minimum absolute atomic E-state index is 0. The number of hydrogen-bond donors (Lipinski definition) is 2. The van der Waals surface area contributed by atoms with Crippen molar-refractivity contribution in [2.75, 3.05) is 19.4 Å². The Bertz CT molecular complexity index is 1040. The second-order valence-corrected chi connectivity index (χ2v) is 9.97. The van der Waals surface area contributed by atoms with Crippen LogP contribution in [0.2, 0.25) is 10.0 Å². The molecule has 2 aliphatic heterocycles. The molecule has 0 bridgehead atoms. The molecule has 2 aromatic rings. The van der Waals surface area contributed by atoms with Crippen molar-refractivity contribution in [1.82, 2.24) is 10.2 Å². The molecule has 2 heterocycles. The van der Waals surface area contributed by atoms with Crippen molar-refractivity contribution in [2.45, 2.75) is 51.1 Å². The van der Waals surface area contributed by atoms with E-state index in [9.17, 15) is 9.59 Å². The van der Waals surface area contributed by atoms with Gasteiger partial charge in [0.05, 0.1) is 6.04 Å². The topological polar surface area (TPSA) is 61.4 Å². The third-order valence-corrected chi connectivity index (χ3v) is 6.94. The molecule has 4 rings (SSSR count). The van der Waals surface area contributed by atoms with Crippen LogP contribution in [0.3, 0.4) is 0 Å². The van der Waals surface area contributed by atoms with E-state index in [-0.39, 0.29) is 65.8 Å². The Labute approximate surface area is 240 Å². The third kappa shape index (κ3) is 5.78. The maximum absolute atomic E-state index is 13.8. The SMILES string of the molecule is C.CC(C)C[C@@H]1N[C@H](C(=O)N(C)C)[C@@H](c2ccc(Cl)cc2)[C@]12C(=O)Nc1cc(Cl)ccc12.S.S.S. The average Bonchev–Trinajstić information content (AvgIpc) is 3.17. The van der Waals surface area contributed by atoms with E-state index < -0.39 is 17.4 Å². The van der Waals surface area contributed by atoms with Crippen LogP contribution < -0.4 is 10.6 Å². The van der Waals surface area contributed by atoms with Crippen molar-refractivity contribution in [2.24, 2.45) is 5.92 Å². The number of anilines is 1. The van der Waals surface area contributed by atoms with E-state index >= 15 is 0 Å². The number of rotatable bonds is 4. The maximum Gasteiger partial charge on any atom is 0.239 e. The molecule has 0 saturated carbocycles. The number of amides is 2. The van der Waals surface area contributed by atoms with Crippen molar-refractivity contribution < 1.29 is 9.59 Å². The van der Waals surface area contributed by atoms with Crippen LogP contribution in [0.5, 0.6) is 0 Å². The third-order valence-electron chi connectivity index (χ3n) is 6.45. The number of carbonyl (C=O) groups is 2. The number of nitrogens with one attached hydrogen (secondary N) is 2. The van der Waals surface area contributed by atoms with Crippen molar-refractivity contribution in [3.8, 4) is 0 Å². The lowest BCUT2D eigenvalue weighted by atomic mass is 9.63. The van der Waals surface area contributed by atoms with Gasteiger partial charge in [-0.3, -0.25) is 9.59 Å². The van der Waals surface area contributed by atoms with E-state index in [1.165, 1.54) is 0 Å². The van der Waals surface area contributed by atoms with Gasteiger partial charge in [0.1, 0.15) is 5.41 Å². The lowest BCUT2D eigenvalue weighted by Crippen LogP contribution is -2.48. The predicted molar refractivity (Wildman–Crippen MR) is 163 cm³/mol. The standard InChI is InChI=1S/C24H27Cl2N3O2.CH4.3H2S/c1-13(2)11-19-24(17-10-9-16(26)12-18(17)27-23(24)31)20(14-5-7-15(25)8-6-14)21(28-19)22(30)29(3)4;;;;/h5-10,12-13,19-21,28H,11H2,1-4H3,(H,27,31);1H4;3*1H2/t19-,20+,21-,24+;;;;/m0..../s1. The number of halogens is 2. The zero-order chi connectivity index (χ0) is 22.5. The molecule has 1 saturated heterocycles. The predicted octanol–water partition coefficient (Wildman–Crippen LogP) is 5.42. The van der Waals surface area contributed by atoms with Gasteiger partial charge in [-0.1, -0.05) is 62.7 Å².